The molecule has 1 aliphatic rings. The van der Waals surface area contributed by atoms with Gasteiger partial charge in [0.2, 0.25) is 0 Å². The third-order valence-corrected chi connectivity index (χ3v) is 3.57. The lowest BCUT2D eigenvalue weighted by atomic mass is 9.98. The minimum Gasteiger partial charge on any atom is -0.507 e. The highest BCUT2D eigenvalue weighted by Crippen LogP contribution is 2.29. The van der Waals surface area contributed by atoms with Crippen molar-refractivity contribution in [3.8, 4) is 11.5 Å². The summed E-state index contributed by atoms with van der Waals surface area (Å²) in [7, 11) is 1.46. The lowest BCUT2D eigenvalue weighted by Gasteiger charge is -2.15. The molecule has 118 valence electrons. The molecule has 0 saturated carbocycles. The molecule has 1 aromatic rings. The van der Waals surface area contributed by atoms with Crippen molar-refractivity contribution >= 4 is 11.8 Å². The summed E-state index contributed by atoms with van der Waals surface area (Å²) in [6.07, 6.45) is 5.29. The first-order valence-electron chi connectivity index (χ1n) is 7.31. The highest BCUT2D eigenvalue weighted by atomic mass is 16.5. The van der Waals surface area contributed by atoms with Crippen LogP contribution in [0.15, 0.2) is 24.3 Å². The van der Waals surface area contributed by atoms with Gasteiger partial charge < -0.3 is 14.6 Å². The molecule has 5 nitrogen and oxygen atoms in total. The van der Waals surface area contributed by atoms with Crippen molar-refractivity contribution in [2.75, 3.05) is 7.11 Å². The summed E-state index contributed by atoms with van der Waals surface area (Å²) in [6.45, 7) is 1.85. The van der Waals surface area contributed by atoms with E-state index in [9.17, 15) is 14.7 Å². The zero-order chi connectivity index (χ0) is 16.1. The maximum absolute atomic E-state index is 12.3. The fourth-order valence-electron chi connectivity index (χ4n) is 2.48. The Labute approximate surface area is 129 Å². The Hall–Kier alpha value is -2.30. The molecule has 2 rings (SSSR count). The summed E-state index contributed by atoms with van der Waals surface area (Å²) in [5.74, 6) is -0.543. The second-order valence-corrected chi connectivity index (χ2v) is 5.36. The number of aromatic hydroxyl groups is 1. The van der Waals surface area contributed by atoms with Crippen molar-refractivity contribution in [2.24, 2.45) is 0 Å². The number of phenols is 1. The average molecular weight is 304 g/mol. The Morgan fingerprint density at radius 1 is 1.32 bits per heavy atom. The number of hydrogen-bond acceptors (Lipinski definition) is 5. The molecule has 0 radical (unpaired) electrons. The van der Waals surface area contributed by atoms with Crippen LogP contribution < -0.4 is 4.74 Å². The first-order chi connectivity index (χ1) is 10.5. The molecule has 0 spiro atoms. The van der Waals surface area contributed by atoms with Crippen LogP contribution in [-0.2, 0) is 16.0 Å². The molecule has 0 bridgehead atoms. The van der Waals surface area contributed by atoms with Gasteiger partial charge in [-0.2, -0.15) is 0 Å². The van der Waals surface area contributed by atoms with Crippen molar-refractivity contribution < 1.29 is 24.2 Å². The molecule has 1 aromatic carbocycles. The van der Waals surface area contributed by atoms with Crippen LogP contribution in [0.25, 0.3) is 0 Å². The highest BCUT2D eigenvalue weighted by Gasteiger charge is 2.20. The lowest BCUT2D eigenvalue weighted by Crippen LogP contribution is -2.18. The fourth-order valence-corrected chi connectivity index (χ4v) is 2.48. The van der Waals surface area contributed by atoms with E-state index in [1.54, 1.807) is 12.1 Å². The van der Waals surface area contributed by atoms with Crippen molar-refractivity contribution in [3.05, 3.63) is 35.4 Å². The van der Waals surface area contributed by atoms with Gasteiger partial charge in [-0.05, 0) is 43.9 Å². The Morgan fingerprint density at radius 2 is 2.09 bits per heavy atom. The lowest BCUT2D eigenvalue weighted by molar-refractivity contribution is -0.147. The van der Waals surface area contributed by atoms with Crippen LogP contribution in [0, 0.1) is 0 Å². The Morgan fingerprint density at radius 3 is 2.82 bits per heavy atom. The third-order valence-electron chi connectivity index (χ3n) is 3.57. The van der Waals surface area contributed by atoms with Crippen LogP contribution in [0.2, 0.25) is 0 Å². The molecule has 1 heterocycles. The number of methoxy groups -OCH3 is 1. The van der Waals surface area contributed by atoms with Gasteiger partial charge in [-0.25, -0.2) is 0 Å². The van der Waals surface area contributed by atoms with Gasteiger partial charge in [-0.3, -0.25) is 9.59 Å². The number of benzene rings is 1. The molecule has 0 aliphatic carbocycles. The number of fused-ring (bicyclic) bond motifs is 1. The van der Waals surface area contributed by atoms with E-state index < -0.39 is 5.97 Å². The number of esters is 1. The van der Waals surface area contributed by atoms with Crippen LogP contribution in [0.3, 0.4) is 0 Å². The molecule has 0 unspecified atom stereocenters. The number of carbonyl (C=O) groups excluding carboxylic acids is 2. The van der Waals surface area contributed by atoms with Crippen LogP contribution in [0.1, 0.15) is 42.1 Å². The zero-order valence-electron chi connectivity index (χ0n) is 12.8. The minimum absolute atomic E-state index is 0.0794. The number of allylic oxidation sites excluding steroid dienone is 2. The number of rotatable bonds is 1. The molecule has 1 atom stereocenters. The summed E-state index contributed by atoms with van der Waals surface area (Å²) in [4.78, 5) is 24.3. The van der Waals surface area contributed by atoms with Gasteiger partial charge in [0, 0.05) is 6.07 Å². The molecular formula is C17H20O5. The second kappa shape index (κ2) is 7.11. The molecule has 5 heteroatoms. The number of hydrogen-bond donors (Lipinski definition) is 1. The molecule has 0 fully saturated rings. The van der Waals surface area contributed by atoms with Crippen LogP contribution in [0.4, 0.5) is 0 Å². The number of cyclic esters (lactones) is 1. The Bertz CT molecular complexity index is 603. The quantitative estimate of drug-likeness (QED) is 0.808. The van der Waals surface area contributed by atoms with E-state index in [-0.39, 0.29) is 29.6 Å². The van der Waals surface area contributed by atoms with E-state index >= 15 is 0 Å². The molecule has 1 aliphatic heterocycles. The van der Waals surface area contributed by atoms with Crippen molar-refractivity contribution in [1.82, 2.24) is 0 Å². The maximum Gasteiger partial charge on any atom is 0.310 e. The van der Waals surface area contributed by atoms with E-state index in [1.807, 2.05) is 6.92 Å². The van der Waals surface area contributed by atoms with Crippen molar-refractivity contribution in [1.29, 1.82) is 0 Å². The molecule has 1 N–H and O–H groups in total. The minimum atomic E-state index is -0.418. The fraction of sp³-hybridized carbons (Fsp3) is 0.412. The number of phenolic OH excluding ortho intramolecular Hbond substituents is 1. The molecule has 0 aromatic heterocycles. The monoisotopic (exact) mass is 304 g/mol. The summed E-state index contributed by atoms with van der Waals surface area (Å²) >= 11 is 0. The van der Waals surface area contributed by atoms with E-state index in [1.165, 1.54) is 19.3 Å². The average Bonchev–Trinajstić information content (AvgIpc) is 2.44. The topological polar surface area (TPSA) is 72.8 Å². The predicted octanol–water partition coefficient (Wildman–Crippen LogP) is 2.80. The zero-order valence-corrected chi connectivity index (χ0v) is 12.8. The van der Waals surface area contributed by atoms with Crippen LogP contribution >= 0.6 is 0 Å². The van der Waals surface area contributed by atoms with E-state index in [0.29, 0.717) is 11.3 Å². The summed E-state index contributed by atoms with van der Waals surface area (Å²) in [6, 6.07) is 2.95. The van der Waals surface area contributed by atoms with Gasteiger partial charge in [0.25, 0.3) is 0 Å². The number of carbonyl (C=O) groups is 2. The Kier molecular flexibility index (Phi) is 5.20. The van der Waals surface area contributed by atoms with Gasteiger partial charge in [0.15, 0.2) is 5.78 Å². The first kappa shape index (κ1) is 16.1. The molecule has 0 saturated heterocycles. The molecule has 0 amide bonds. The van der Waals surface area contributed by atoms with Gasteiger partial charge >= 0.3 is 5.97 Å². The van der Waals surface area contributed by atoms with Gasteiger partial charge in [-0.15, -0.1) is 0 Å². The molecular weight excluding hydrogens is 284 g/mol. The summed E-state index contributed by atoms with van der Waals surface area (Å²) in [5, 5.41) is 10.1. The van der Waals surface area contributed by atoms with Crippen LogP contribution in [-0.4, -0.2) is 30.1 Å². The smallest absolute Gasteiger partial charge is 0.310 e. The third kappa shape index (κ3) is 3.87. The van der Waals surface area contributed by atoms with Crippen LogP contribution in [0.5, 0.6) is 11.5 Å². The van der Waals surface area contributed by atoms with Crippen molar-refractivity contribution in [3.63, 3.8) is 0 Å². The number of ketones is 1. The first-order valence-corrected chi connectivity index (χ1v) is 7.31. The Balaban J connectivity index is 2.45. The van der Waals surface area contributed by atoms with E-state index in [4.69, 9.17) is 9.47 Å². The van der Waals surface area contributed by atoms with E-state index in [2.05, 4.69) is 0 Å². The largest absolute Gasteiger partial charge is 0.507 e. The second-order valence-electron chi connectivity index (χ2n) is 5.36. The van der Waals surface area contributed by atoms with Gasteiger partial charge in [0.1, 0.15) is 11.5 Å². The summed E-state index contributed by atoms with van der Waals surface area (Å²) < 4.78 is 10.4. The highest BCUT2D eigenvalue weighted by molar-refractivity contribution is 6.08. The number of ether oxygens (including phenoxy) is 2. The SMILES string of the molecule is COc1cc(O)c2c(c1)CC(=O)O[C@@H](C)CCC/C=C/C2=O. The predicted molar refractivity (Wildman–Crippen MR) is 81.2 cm³/mol. The van der Waals surface area contributed by atoms with Crippen molar-refractivity contribution in [2.45, 2.75) is 38.7 Å². The maximum atomic E-state index is 12.3. The molecule has 22 heavy (non-hydrogen) atoms. The van der Waals surface area contributed by atoms with Gasteiger partial charge in [0.05, 0.1) is 25.2 Å². The summed E-state index contributed by atoms with van der Waals surface area (Å²) in [5.41, 5.74) is 0.534. The van der Waals surface area contributed by atoms with Gasteiger partial charge in [-0.1, -0.05) is 6.08 Å². The standard InChI is InChI=1S/C17H20O5/c1-11-6-4-3-5-7-14(18)17-12(9-16(20)22-11)8-13(21-2)10-15(17)19/h5,7-8,10-11,19H,3-4,6,9H2,1-2H3/b7-5+/t11-/m0/s1. The normalized spacial score (nSPS) is 21.1. The van der Waals surface area contributed by atoms with E-state index in [0.717, 1.165) is 19.3 Å².